The van der Waals surface area contributed by atoms with Crippen LogP contribution in [0.25, 0.3) is 0 Å². The van der Waals surface area contributed by atoms with Gasteiger partial charge in [0, 0.05) is 18.1 Å². The smallest absolute Gasteiger partial charge is 0.408 e. The van der Waals surface area contributed by atoms with E-state index in [0.717, 1.165) is 11.1 Å². The number of rotatable bonds is 8. The third kappa shape index (κ3) is 6.08. The number of benzene rings is 2. The second-order valence-electron chi connectivity index (χ2n) is 8.19. The monoisotopic (exact) mass is 384 g/mol. The minimum atomic E-state index is -1.02. The van der Waals surface area contributed by atoms with Crippen molar-refractivity contribution in [2.24, 2.45) is 0 Å². The first-order valence-corrected chi connectivity index (χ1v) is 9.72. The normalized spacial score (nSPS) is 14.9. The Bertz CT molecular complexity index is 729. The van der Waals surface area contributed by atoms with Gasteiger partial charge in [-0.05, 0) is 45.2 Å². The van der Waals surface area contributed by atoms with E-state index in [-0.39, 0.29) is 6.04 Å². The highest BCUT2D eigenvalue weighted by molar-refractivity contribution is 5.66. The summed E-state index contributed by atoms with van der Waals surface area (Å²) >= 11 is 0. The van der Waals surface area contributed by atoms with E-state index >= 15 is 0 Å². The lowest BCUT2D eigenvalue weighted by Crippen LogP contribution is -2.58. The van der Waals surface area contributed by atoms with Crippen LogP contribution in [0.15, 0.2) is 60.7 Å². The molecule has 0 aliphatic carbocycles. The van der Waals surface area contributed by atoms with Crippen molar-refractivity contribution in [2.75, 3.05) is 6.54 Å². The molecule has 28 heavy (non-hydrogen) atoms. The summed E-state index contributed by atoms with van der Waals surface area (Å²) in [5.41, 5.74) is 1.50. The van der Waals surface area contributed by atoms with Crippen LogP contribution in [-0.4, -0.2) is 45.4 Å². The molecule has 3 atom stereocenters. The van der Waals surface area contributed by atoms with Crippen LogP contribution in [0.2, 0.25) is 0 Å². The molecule has 5 heteroatoms. The Balaban J connectivity index is 2.18. The van der Waals surface area contributed by atoms with E-state index in [1.807, 2.05) is 88.4 Å². The van der Waals surface area contributed by atoms with Crippen molar-refractivity contribution in [1.29, 1.82) is 0 Å². The van der Waals surface area contributed by atoms with Crippen LogP contribution < -0.4 is 5.32 Å². The zero-order valence-electron chi connectivity index (χ0n) is 17.2. The molecule has 0 spiro atoms. The van der Waals surface area contributed by atoms with Crippen molar-refractivity contribution in [3.8, 4) is 0 Å². The number of nitrogens with one attached hydrogen (secondary N) is 1. The predicted octanol–water partition coefficient (Wildman–Crippen LogP) is 4.09. The van der Waals surface area contributed by atoms with Crippen LogP contribution in [0.4, 0.5) is 4.79 Å². The third-order valence-corrected chi connectivity index (χ3v) is 4.93. The minimum absolute atomic E-state index is 0.0566. The zero-order chi connectivity index (χ0) is 20.7. The number of aliphatic hydroxyl groups excluding tert-OH is 1. The number of nitrogens with zero attached hydrogens (tertiary/aromatic N) is 1. The zero-order valence-corrected chi connectivity index (χ0v) is 17.2. The molecule has 1 amide bonds. The Labute approximate surface area is 168 Å². The SMILES string of the molecule is CC(NC[C@@H](O)[C@H](Cc1ccccc1)N(C(=O)O)C(C)(C)C)c1ccccc1. The fourth-order valence-electron chi connectivity index (χ4n) is 3.47. The summed E-state index contributed by atoms with van der Waals surface area (Å²) < 4.78 is 0. The van der Waals surface area contributed by atoms with Crippen LogP contribution in [0, 0.1) is 0 Å². The lowest BCUT2D eigenvalue weighted by molar-refractivity contribution is 0.00704. The van der Waals surface area contributed by atoms with E-state index in [4.69, 9.17) is 0 Å². The molecule has 0 saturated heterocycles. The van der Waals surface area contributed by atoms with E-state index in [1.54, 1.807) is 0 Å². The van der Waals surface area contributed by atoms with Gasteiger partial charge in [-0.1, -0.05) is 60.7 Å². The van der Waals surface area contributed by atoms with Crippen LogP contribution in [0.5, 0.6) is 0 Å². The van der Waals surface area contributed by atoms with E-state index < -0.39 is 23.8 Å². The molecule has 0 heterocycles. The Kier molecular flexibility index (Phi) is 7.61. The summed E-state index contributed by atoms with van der Waals surface area (Å²) in [5, 5.41) is 24.2. The first-order chi connectivity index (χ1) is 13.2. The fourth-order valence-corrected chi connectivity index (χ4v) is 3.47. The molecule has 1 unspecified atom stereocenters. The van der Waals surface area contributed by atoms with Gasteiger partial charge in [-0.25, -0.2) is 4.79 Å². The number of hydrogen-bond donors (Lipinski definition) is 3. The Morgan fingerprint density at radius 3 is 2.07 bits per heavy atom. The fraction of sp³-hybridized carbons (Fsp3) is 0.435. The van der Waals surface area contributed by atoms with Gasteiger partial charge < -0.3 is 15.5 Å². The number of carboxylic acid groups (broad SMARTS) is 1. The highest BCUT2D eigenvalue weighted by Gasteiger charge is 2.37. The van der Waals surface area contributed by atoms with E-state index in [0.29, 0.717) is 13.0 Å². The van der Waals surface area contributed by atoms with Gasteiger partial charge in [-0.3, -0.25) is 4.90 Å². The van der Waals surface area contributed by atoms with Crippen LogP contribution in [-0.2, 0) is 6.42 Å². The topological polar surface area (TPSA) is 72.8 Å². The maximum atomic E-state index is 12.0. The molecule has 152 valence electrons. The van der Waals surface area contributed by atoms with Gasteiger partial charge in [-0.2, -0.15) is 0 Å². The lowest BCUT2D eigenvalue weighted by Gasteiger charge is -2.42. The molecule has 0 aliphatic heterocycles. The van der Waals surface area contributed by atoms with E-state index in [2.05, 4.69) is 5.32 Å². The summed E-state index contributed by atoms with van der Waals surface area (Å²) in [5.74, 6) is 0. The molecule has 0 fully saturated rings. The second kappa shape index (κ2) is 9.71. The average Bonchev–Trinajstić information content (AvgIpc) is 2.65. The van der Waals surface area contributed by atoms with Crippen molar-refractivity contribution in [2.45, 2.75) is 57.8 Å². The van der Waals surface area contributed by atoms with Crippen molar-refractivity contribution in [3.05, 3.63) is 71.8 Å². The Hall–Kier alpha value is -2.37. The molecule has 0 radical (unpaired) electrons. The largest absolute Gasteiger partial charge is 0.465 e. The highest BCUT2D eigenvalue weighted by atomic mass is 16.4. The van der Waals surface area contributed by atoms with E-state index in [9.17, 15) is 15.0 Å². The average molecular weight is 385 g/mol. The minimum Gasteiger partial charge on any atom is -0.465 e. The first kappa shape index (κ1) is 21.9. The quantitative estimate of drug-likeness (QED) is 0.641. The molecular formula is C23H32N2O3. The van der Waals surface area contributed by atoms with Gasteiger partial charge in [-0.15, -0.1) is 0 Å². The van der Waals surface area contributed by atoms with Crippen molar-refractivity contribution >= 4 is 6.09 Å². The molecule has 0 bridgehead atoms. The summed E-state index contributed by atoms with van der Waals surface area (Å²) in [6, 6.07) is 19.2. The molecule has 0 aliphatic rings. The molecular weight excluding hydrogens is 352 g/mol. The summed E-state index contributed by atoms with van der Waals surface area (Å²) in [6.45, 7) is 7.89. The summed E-state index contributed by atoms with van der Waals surface area (Å²) in [7, 11) is 0. The van der Waals surface area contributed by atoms with Crippen molar-refractivity contribution in [1.82, 2.24) is 10.2 Å². The molecule has 3 N–H and O–H groups in total. The highest BCUT2D eigenvalue weighted by Crippen LogP contribution is 2.23. The van der Waals surface area contributed by atoms with Gasteiger partial charge in [0.1, 0.15) is 0 Å². The van der Waals surface area contributed by atoms with Gasteiger partial charge >= 0.3 is 6.09 Å². The number of carbonyl (C=O) groups is 1. The summed E-state index contributed by atoms with van der Waals surface area (Å²) in [6.07, 6.45) is -1.42. The van der Waals surface area contributed by atoms with Gasteiger partial charge in [0.05, 0.1) is 12.1 Å². The molecule has 5 nitrogen and oxygen atoms in total. The molecule has 0 aromatic heterocycles. The molecule has 0 saturated carbocycles. The molecule has 2 aromatic rings. The number of amides is 1. The third-order valence-electron chi connectivity index (χ3n) is 4.93. The van der Waals surface area contributed by atoms with Crippen LogP contribution in [0.1, 0.15) is 44.9 Å². The first-order valence-electron chi connectivity index (χ1n) is 9.72. The number of hydrogen-bond acceptors (Lipinski definition) is 3. The van der Waals surface area contributed by atoms with Crippen molar-refractivity contribution in [3.63, 3.8) is 0 Å². The molecule has 2 rings (SSSR count). The van der Waals surface area contributed by atoms with Crippen molar-refractivity contribution < 1.29 is 15.0 Å². The van der Waals surface area contributed by atoms with Gasteiger partial charge in [0.15, 0.2) is 0 Å². The second-order valence-corrected chi connectivity index (χ2v) is 8.19. The predicted molar refractivity (Wildman–Crippen MR) is 112 cm³/mol. The Morgan fingerprint density at radius 1 is 1.04 bits per heavy atom. The maximum Gasteiger partial charge on any atom is 0.408 e. The maximum absolute atomic E-state index is 12.0. The van der Waals surface area contributed by atoms with Crippen LogP contribution >= 0.6 is 0 Å². The molecule has 2 aromatic carbocycles. The number of aliphatic hydroxyl groups is 1. The summed E-state index contributed by atoms with van der Waals surface area (Å²) in [4.78, 5) is 13.4. The van der Waals surface area contributed by atoms with Gasteiger partial charge in [0.25, 0.3) is 0 Å². The van der Waals surface area contributed by atoms with Gasteiger partial charge in [0.2, 0.25) is 0 Å². The standard InChI is InChI=1S/C23H32N2O3/c1-17(19-13-9-6-10-14-19)24-16-21(26)20(15-18-11-7-5-8-12-18)25(22(27)28)23(2,3)4/h5-14,17,20-21,24,26H,15-16H2,1-4H3,(H,27,28)/t17?,20-,21+/m0/s1. The lowest BCUT2D eigenvalue weighted by atomic mass is 9.94. The van der Waals surface area contributed by atoms with E-state index in [1.165, 1.54) is 4.90 Å². The Morgan fingerprint density at radius 2 is 1.57 bits per heavy atom. The van der Waals surface area contributed by atoms with Crippen LogP contribution in [0.3, 0.4) is 0 Å².